The highest BCUT2D eigenvalue weighted by atomic mass is 16.6. The van der Waals surface area contributed by atoms with Crippen LogP contribution in [-0.2, 0) is 20.7 Å². The maximum Gasteiger partial charge on any atom is 0.335 e. The standard InChI is InChI=1S/C15H22O6/c1-18-13-9-11(10-14(19-2)15(17)20-3)5-6-12(13)21-8-4-7-16/h5-6,9,14,16H,4,7-8,10H2,1-3H3/t14-/m0/s1. The third kappa shape index (κ3) is 5.24. The summed E-state index contributed by atoms with van der Waals surface area (Å²) in [7, 11) is 4.34. The second-order valence-electron chi connectivity index (χ2n) is 4.36. The topological polar surface area (TPSA) is 74.2 Å². The highest BCUT2D eigenvalue weighted by Gasteiger charge is 2.19. The van der Waals surface area contributed by atoms with Gasteiger partial charge in [0.1, 0.15) is 0 Å². The van der Waals surface area contributed by atoms with Gasteiger partial charge >= 0.3 is 5.97 Å². The van der Waals surface area contributed by atoms with Crippen LogP contribution in [0, 0.1) is 0 Å². The molecule has 1 N–H and O–H groups in total. The molecule has 0 aliphatic carbocycles. The summed E-state index contributed by atoms with van der Waals surface area (Å²) in [4.78, 5) is 11.5. The van der Waals surface area contributed by atoms with Crippen molar-refractivity contribution in [3.8, 4) is 11.5 Å². The van der Waals surface area contributed by atoms with E-state index >= 15 is 0 Å². The molecular weight excluding hydrogens is 276 g/mol. The second kappa shape index (κ2) is 9.20. The summed E-state index contributed by atoms with van der Waals surface area (Å²) in [5, 5.41) is 8.75. The van der Waals surface area contributed by atoms with Crippen LogP contribution in [-0.4, -0.2) is 51.7 Å². The van der Waals surface area contributed by atoms with Crippen molar-refractivity contribution in [3.05, 3.63) is 23.8 Å². The Kier molecular flexibility index (Phi) is 7.56. The number of ether oxygens (including phenoxy) is 4. The Hall–Kier alpha value is -1.79. The minimum absolute atomic E-state index is 0.0784. The summed E-state index contributed by atoms with van der Waals surface area (Å²) < 4.78 is 20.6. The molecule has 0 spiro atoms. The fourth-order valence-electron chi connectivity index (χ4n) is 1.81. The van der Waals surface area contributed by atoms with Crippen LogP contribution in [0.4, 0.5) is 0 Å². The van der Waals surface area contributed by atoms with E-state index in [1.54, 1.807) is 19.2 Å². The molecular formula is C15H22O6. The minimum Gasteiger partial charge on any atom is -0.493 e. The van der Waals surface area contributed by atoms with Crippen molar-refractivity contribution in [1.82, 2.24) is 0 Å². The Morgan fingerprint density at radius 1 is 1.24 bits per heavy atom. The first-order chi connectivity index (χ1) is 10.2. The van der Waals surface area contributed by atoms with Gasteiger partial charge in [0, 0.05) is 26.6 Å². The molecule has 0 bridgehead atoms. The van der Waals surface area contributed by atoms with Gasteiger partial charge in [0.25, 0.3) is 0 Å². The molecule has 6 heteroatoms. The number of benzene rings is 1. The van der Waals surface area contributed by atoms with E-state index < -0.39 is 12.1 Å². The fourth-order valence-corrected chi connectivity index (χ4v) is 1.81. The van der Waals surface area contributed by atoms with Crippen LogP contribution in [0.2, 0.25) is 0 Å². The molecule has 0 fully saturated rings. The third-order valence-corrected chi connectivity index (χ3v) is 2.96. The summed E-state index contributed by atoms with van der Waals surface area (Å²) >= 11 is 0. The van der Waals surface area contributed by atoms with Crippen molar-refractivity contribution in [2.45, 2.75) is 18.9 Å². The van der Waals surface area contributed by atoms with Gasteiger partial charge < -0.3 is 24.1 Å². The van der Waals surface area contributed by atoms with Crippen molar-refractivity contribution in [1.29, 1.82) is 0 Å². The van der Waals surface area contributed by atoms with Gasteiger partial charge in [-0.15, -0.1) is 0 Å². The highest BCUT2D eigenvalue weighted by Crippen LogP contribution is 2.28. The van der Waals surface area contributed by atoms with Gasteiger partial charge in [0.2, 0.25) is 0 Å². The second-order valence-corrected chi connectivity index (χ2v) is 4.36. The molecule has 0 heterocycles. The molecule has 1 rings (SSSR count). The Balaban J connectivity index is 2.78. The first-order valence-electron chi connectivity index (χ1n) is 6.67. The molecule has 0 amide bonds. The molecule has 0 aromatic heterocycles. The average Bonchev–Trinajstić information content (AvgIpc) is 2.52. The number of carbonyl (C=O) groups excluding carboxylic acids is 1. The predicted octanol–water partition coefficient (Wildman–Crippen LogP) is 1.19. The molecule has 1 aromatic rings. The van der Waals surface area contributed by atoms with E-state index in [9.17, 15) is 4.79 Å². The largest absolute Gasteiger partial charge is 0.493 e. The molecule has 0 aliphatic heterocycles. The fraction of sp³-hybridized carbons (Fsp3) is 0.533. The van der Waals surface area contributed by atoms with Gasteiger partial charge in [-0.1, -0.05) is 6.07 Å². The van der Waals surface area contributed by atoms with Crippen molar-refractivity contribution in [3.63, 3.8) is 0 Å². The molecule has 0 saturated heterocycles. The third-order valence-electron chi connectivity index (χ3n) is 2.96. The van der Waals surface area contributed by atoms with Crippen molar-refractivity contribution < 1.29 is 28.8 Å². The lowest BCUT2D eigenvalue weighted by Gasteiger charge is -2.15. The molecule has 0 aliphatic rings. The van der Waals surface area contributed by atoms with Gasteiger partial charge in [-0.3, -0.25) is 0 Å². The van der Waals surface area contributed by atoms with Crippen LogP contribution in [0.25, 0.3) is 0 Å². The summed E-state index contributed by atoms with van der Waals surface area (Å²) in [6.45, 7) is 0.490. The van der Waals surface area contributed by atoms with Crippen LogP contribution in [0.5, 0.6) is 11.5 Å². The van der Waals surface area contributed by atoms with Gasteiger partial charge in [-0.25, -0.2) is 4.79 Å². The Morgan fingerprint density at radius 3 is 2.57 bits per heavy atom. The maximum atomic E-state index is 11.5. The SMILES string of the molecule is COC(=O)[C@H](Cc1ccc(OCCCO)c(OC)c1)OC. The molecule has 118 valence electrons. The monoisotopic (exact) mass is 298 g/mol. The summed E-state index contributed by atoms with van der Waals surface area (Å²) in [6.07, 6.45) is 0.288. The minimum atomic E-state index is -0.652. The van der Waals surface area contributed by atoms with E-state index in [4.69, 9.17) is 19.3 Å². The van der Waals surface area contributed by atoms with Crippen molar-refractivity contribution in [2.75, 3.05) is 34.5 Å². The number of esters is 1. The Bertz CT molecular complexity index is 446. The lowest BCUT2D eigenvalue weighted by atomic mass is 10.1. The number of hydrogen-bond donors (Lipinski definition) is 1. The lowest BCUT2D eigenvalue weighted by Crippen LogP contribution is -2.26. The van der Waals surface area contributed by atoms with Crippen molar-refractivity contribution in [2.24, 2.45) is 0 Å². The Morgan fingerprint density at radius 2 is 2.00 bits per heavy atom. The zero-order valence-corrected chi connectivity index (χ0v) is 12.6. The first kappa shape index (κ1) is 17.3. The molecule has 0 unspecified atom stereocenters. The lowest BCUT2D eigenvalue weighted by molar-refractivity contribution is -0.152. The van der Waals surface area contributed by atoms with Gasteiger partial charge in [0.15, 0.2) is 17.6 Å². The van der Waals surface area contributed by atoms with E-state index in [2.05, 4.69) is 4.74 Å². The number of carbonyl (C=O) groups is 1. The van der Waals surface area contributed by atoms with Crippen LogP contribution in [0.15, 0.2) is 18.2 Å². The average molecular weight is 298 g/mol. The predicted molar refractivity (Wildman–Crippen MR) is 76.7 cm³/mol. The normalized spacial score (nSPS) is 11.8. The van der Waals surface area contributed by atoms with Crippen LogP contribution < -0.4 is 9.47 Å². The number of aliphatic hydroxyl groups is 1. The molecule has 6 nitrogen and oxygen atoms in total. The summed E-state index contributed by atoms with van der Waals surface area (Å²) in [6, 6.07) is 5.41. The van der Waals surface area contributed by atoms with Crippen LogP contribution >= 0.6 is 0 Å². The zero-order chi connectivity index (χ0) is 15.7. The number of methoxy groups -OCH3 is 3. The van der Waals surface area contributed by atoms with E-state index in [1.165, 1.54) is 14.2 Å². The molecule has 0 saturated carbocycles. The number of aliphatic hydroxyl groups excluding tert-OH is 1. The van der Waals surface area contributed by atoms with Crippen LogP contribution in [0.1, 0.15) is 12.0 Å². The van der Waals surface area contributed by atoms with Gasteiger partial charge in [-0.05, 0) is 17.7 Å². The van der Waals surface area contributed by atoms with Crippen molar-refractivity contribution >= 4 is 5.97 Å². The molecule has 1 aromatic carbocycles. The van der Waals surface area contributed by atoms with Crippen LogP contribution in [0.3, 0.4) is 0 Å². The summed E-state index contributed by atoms with van der Waals surface area (Å²) in [5.74, 6) is 0.756. The maximum absolute atomic E-state index is 11.5. The van der Waals surface area contributed by atoms with E-state index in [-0.39, 0.29) is 6.61 Å². The Labute approximate surface area is 124 Å². The quantitative estimate of drug-likeness (QED) is 0.545. The molecule has 1 atom stereocenters. The van der Waals surface area contributed by atoms with E-state index in [0.717, 1.165) is 5.56 Å². The molecule has 21 heavy (non-hydrogen) atoms. The van der Waals surface area contributed by atoms with Gasteiger partial charge in [0.05, 0.1) is 20.8 Å². The highest BCUT2D eigenvalue weighted by molar-refractivity contribution is 5.75. The number of hydrogen-bond acceptors (Lipinski definition) is 6. The van der Waals surface area contributed by atoms with Gasteiger partial charge in [-0.2, -0.15) is 0 Å². The number of rotatable bonds is 9. The molecule has 0 radical (unpaired) electrons. The zero-order valence-electron chi connectivity index (χ0n) is 12.6. The first-order valence-corrected chi connectivity index (χ1v) is 6.67. The van der Waals surface area contributed by atoms with E-state index in [0.29, 0.717) is 30.9 Å². The van der Waals surface area contributed by atoms with E-state index in [1.807, 2.05) is 6.07 Å². The summed E-state index contributed by atoms with van der Waals surface area (Å²) in [5.41, 5.74) is 0.874. The smallest absolute Gasteiger partial charge is 0.335 e.